The van der Waals surface area contributed by atoms with Crippen molar-refractivity contribution in [2.45, 2.75) is 64.4 Å². The molecule has 4 atom stereocenters. The number of aliphatic hydroxyl groups is 1. The number of piperazine rings is 1. The fourth-order valence-electron chi connectivity index (χ4n) is 4.18. The van der Waals surface area contributed by atoms with Gasteiger partial charge in [0.15, 0.2) is 0 Å². The van der Waals surface area contributed by atoms with Crippen molar-refractivity contribution in [3.8, 4) is 5.75 Å². The van der Waals surface area contributed by atoms with Crippen LogP contribution in [0.3, 0.4) is 0 Å². The predicted octanol–water partition coefficient (Wildman–Crippen LogP) is 2.60. The Morgan fingerprint density at radius 2 is 2.07 bits per heavy atom. The first kappa shape index (κ1) is 21.8. The molecule has 1 saturated heterocycles. The molecule has 0 saturated carbocycles. The number of para-hydroxylation sites is 1. The van der Waals surface area contributed by atoms with Gasteiger partial charge in [0, 0.05) is 37.2 Å². The van der Waals surface area contributed by atoms with E-state index in [2.05, 4.69) is 33.8 Å². The topological polar surface area (TPSA) is 73.8 Å². The van der Waals surface area contributed by atoms with Crippen LogP contribution in [0.5, 0.6) is 5.75 Å². The van der Waals surface area contributed by atoms with Crippen LogP contribution >= 0.6 is 0 Å². The monoisotopic (exact) mass is 401 g/mol. The lowest BCUT2D eigenvalue weighted by molar-refractivity contribution is -0.129. The van der Waals surface area contributed by atoms with E-state index in [4.69, 9.17) is 4.74 Å². The predicted molar refractivity (Wildman–Crippen MR) is 115 cm³/mol. The van der Waals surface area contributed by atoms with Crippen LogP contribution in [0.4, 0.5) is 0 Å². The van der Waals surface area contributed by atoms with Gasteiger partial charge >= 0.3 is 0 Å². The number of amides is 1. The quantitative estimate of drug-likeness (QED) is 0.613. The van der Waals surface area contributed by atoms with Crippen molar-refractivity contribution in [3.63, 3.8) is 0 Å². The SMILES string of the molecule is CC(C)Oc1ccccc1C1CN(C(NC(=O)C2CC=CCC2)C(C)O)CCN1. The van der Waals surface area contributed by atoms with Gasteiger partial charge in [-0.25, -0.2) is 0 Å². The highest BCUT2D eigenvalue weighted by Crippen LogP contribution is 2.29. The molecule has 6 nitrogen and oxygen atoms in total. The number of allylic oxidation sites excluding steroid dienone is 2. The van der Waals surface area contributed by atoms with Crippen LogP contribution in [-0.2, 0) is 4.79 Å². The number of carbonyl (C=O) groups is 1. The zero-order chi connectivity index (χ0) is 20.8. The number of ether oxygens (including phenoxy) is 1. The van der Waals surface area contributed by atoms with E-state index in [0.717, 1.165) is 43.7 Å². The summed E-state index contributed by atoms with van der Waals surface area (Å²) in [4.78, 5) is 14.9. The van der Waals surface area contributed by atoms with E-state index in [1.54, 1.807) is 6.92 Å². The number of hydrogen-bond donors (Lipinski definition) is 3. The molecule has 3 N–H and O–H groups in total. The van der Waals surface area contributed by atoms with Crippen LogP contribution in [0.1, 0.15) is 51.6 Å². The Morgan fingerprint density at radius 3 is 2.76 bits per heavy atom. The summed E-state index contributed by atoms with van der Waals surface area (Å²) in [5.41, 5.74) is 1.11. The number of nitrogens with one attached hydrogen (secondary N) is 2. The van der Waals surface area contributed by atoms with Crippen molar-refractivity contribution in [3.05, 3.63) is 42.0 Å². The Balaban J connectivity index is 1.70. The van der Waals surface area contributed by atoms with Gasteiger partial charge in [0.25, 0.3) is 0 Å². The van der Waals surface area contributed by atoms with E-state index in [-0.39, 0.29) is 24.0 Å². The van der Waals surface area contributed by atoms with E-state index >= 15 is 0 Å². The third-order valence-electron chi connectivity index (χ3n) is 5.64. The molecule has 1 heterocycles. The lowest BCUT2D eigenvalue weighted by Gasteiger charge is -2.41. The number of benzene rings is 1. The molecule has 6 heteroatoms. The van der Waals surface area contributed by atoms with Gasteiger partial charge < -0.3 is 20.5 Å². The molecule has 1 amide bonds. The summed E-state index contributed by atoms with van der Waals surface area (Å²) >= 11 is 0. The molecule has 3 rings (SSSR count). The second kappa shape index (κ2) is 10.2. The average molecular weight is 402 g/mol. The second-order valence-electron chi connectivity index (χ2n) is 8.38. The molecule has 160 valence electrons. The second-order valence-corrected chi connectivity index (χ2v) is 8.38. The van der Waals surface area contributed by atoms with E-state index in [9.17, 15) is 9.90 Å². The summed E-state index contributed by atoms with van der Waals surface area (Å²) in [5, 5.41) is 17.1. The van der Waals surface area contributed by atoms with E-state index < -0.39 is 12.3 Å². The van der Waals surface area contributed by atoms with Crippen LogP contribution in [0.25, 0.3) is 0 Å². The van der Waals surface area contributed by atoms with Gasteiger partial charge in [-0.15, -0.1) is 0 Å². The molecule has 1 aromatic carbocycles. The summed E-state index contributed by atoms with van der Waals surface area (Å²) in [5.74, 6) is 0.924. The molecule has 0 aromatic heterocycles. The first-order valence-electron chi connectivity index (χ1n) is 10.8. The largest absolute Gasteiger partial charge is 0.491 e. The molecular formula is C23H35N3O3. The smallest absolute Gasteiger partial charge is 0.224 e. The van der Waals surface area contributed by atoms with Gasteiger partial charge in [-0.1, -0.05) is 30.4 Å². The van der Waals surface area contributed by atoms with Gasteiger partial charge in [0.05, 0.1) is 12.2 Å². The van der Waals surface area contributed by atoms with E-state index in [1.807, 2.05) is 32.0 Å². The molecule has 29 heavy (non-hydrogen) atoms. The minimum absolute atomic E-state index is 0.000121. The van der Waals surface area contributed by atoms with Crippen LogP contribution < -0.4 is 15.4 Å². The van der Waals surface area contributed by atoms with E-state index in [1.165, 1.54) is 0 Å². The van der Waals surface area contributed by atoms with Gasteiger partial charge in [0.1, 0.15) is 11.9 Å². The number of aliphatic hydroxyl groups excluding tert-OH is 1. The average Bonchev–Trinajstić information content (AvgIpc) is 2.72. The minimum Gasteiger partial charge on any atom is -0.491 e. The molecule has 0 radical (unpaired) electrons. The van der Waals surface area contributed by atoms with Crippen LogP contribution in [-0.4, -0.2) is 53.9 Å². The molecule has 4 unspecified atom stereocenters. The summed E-state index contributed by atoms with van der Waals surface area (Å²) in [6, 6.07) is 8.17. The Bertz CT molecular complexity index is 704. The van der Waals surface area contributed by atoms with Crippen molar-refractivity contribution < 1.29 is 14.6 Å². The molecule has 2 aliphatic rings. The lowest BCUT2D eigenvalue weighted by atomic mass is 9.93. The third-order valence-corrected chi connectivity index (χ3v) is 5.64. The number of rotatable bonds is 7. The van der Waals surface area contributed by atoms with Gasteiger partial charge in [-0.2, -0.15) is 0 Å². The zero-order valence-corrected chi connectivity index (χ0v) is 17.8. The number of carbonyl (C=O) groups excluding carboxylic acids is 1. The van der Waals surface area contributed by atoms with Crippen molar-refractivity contribution in [1.82, 2.24) is 15.5 Å². The molecule has 1 fully saturated rings. The molecule has 1 aliphatic heterocycles. The molecule has 0 spiro atoms. The van der Waals surface area contributed by atoms with Crippen LogP contribution in [0, 0.1) is 5.92 Å². The van der Waals surface area contributed by atoms with Crippen LogP contribution in [0.2, 0.25) is 0 Å². The number of nitrogens with zero attached hydrogens (tertiary/aromatic N) is 1. The van der Waals surface area contributed by atoms with Crippen molar-refractivity contribution in [2.75, 3.05) is 19.6 Å². The Labute approximate surface area is 174 Å². The van der Waals surface area contributed by atoms with Crippen molar-refractivity contribution in [2.24, 2.45) is 5.92 Å². The maximum absolute atomic E-state index is 12.8. The Morgan fingerprint density at radius 1 is 1.28 bits per heavy atom. The standard InChI is InChI=1S/C23H35N3O3/c1-16(2)29-21-12-8-7-11-19(21)20-15-26(14-13-24-20)22(17(3)27)25-23(28)18-9-5-4-6-10-18/h4-5,7-8,11-12,16-18,20,22,24,27H,6,9-10,13-15H2,1-3H3,(H,25,28). The normalized spacial score (nSPS) is 24.9. The molecule has 1 aromatic rings. The third kappa shape index (κ3) is 5.81. The highest BCUT2D eigenvalue weighted by Gasteiger charge is 2.32. The maximum atomic E-state index is 12.8. The first-order valence-corrected chi connectivity index (χ1v) is 10.8. The lowest BCUT2D eigenvalue weighted by Crippen LogP contribution is -2.60. The minimum atomic E-state index is -0.654. The Kier molecular flexibility index (Phi) is 7.70. The van der Waals surface area contributed by atoms with Gasteiger partial charge in [-0.3, -0.25) is 9.69 Å². The van der Waals surface area contributed by atoms with Crippen molar-refractivity contribution >= 4 is 5.91 Å². The number of hydrogen-bond acceptors (Lipinski definition) is 5. The maximum Gasteiger partial charge on any atom is 0.224 e. The fourth-order valence-corrected chi connectivity index (χ4v) is 4.18. The van der Waals surface area contributed by atoms with E-state index in [0.29, 0.717) is 6.54 Å². The van der Waals surface area contributed by atoms with Gasteiger partial charge in [-0.05, 0) is 46.1 Å². The van der Waals surface area contributed by atoms with Gasteiger partial charge in [0.2, 0.25) is 5.91 Å². The molecular weight excluding hydrogens is 366 g/mol. The summed E-state index contributed by atoms with van der Waals surface area (Å²) in [6.45, 7) is 8.04. The highest BCUT2D eigenvalue weighted by molar-refractivity contribution is 5.79. The summed E-state index contributed by atoms with van der Waals surface area (Å²) < 4.78 is 6.00. The van der Waals surface area contributed by atoms with Crippen LogP contribution in [0.15, 0.2) is 36.4 Å². The molecule has 0 bridgehead atoms. The zero-order valence-electron chi connectivity index (χ0n) is 17.8. The highest BCUT2D eigenvalue weighted by atomic mass is 16.5. The Hall–Kier alpha value is -1.89. The first-order chi connectivity index (χ1) is 14.0. The molecule has 1 aliphatic carbocycles. The van der Waals surface area contributed by atoms with Crippen molar-refractivity contribution in [1.29, 1.82) is 0 Å². The summed E-state index contributed by atoms with van der Waals surface area (Å²) in [6.07, 6.45) is 5.87. The fraction of sp³-hybridized carbons (Fsp3) is 0.609. The summed E-state index contributed by atoms with van der Waals surface area (Å²) in [7, 11) is 0.